The lowest BCUT2D eigenvalue weighted by Crippen LogP contribution is -2.09. The molecule has 0 saturated carbocycles. The topological polar surface area (TPSA) is 72.5 Å². The van der Waals surface area contributed by atoms with Crippen molar-refractivity contribution in [2.75, 3.05) is 17.6 Å². The van der Waals surface area contributed by atoms with E-state index >= 15 is 0 Å². The highest BCUT2D eigenvalue weighted by molar-refractivity contribution is 7.92. The Bertz CT molecular complexity index is 532. The summed E-state index contributed by atoms with van der Waals surface area (Å²) in [6, 6.07) is 6.63. The second kappa shape index (κ2) is 6.20. The lowest BCUT2D eigenvalue weighted by Gasteiger charge is -2.03. The monoisotopic (exact) mass is 269 g/mol. The maximum absolute atomic E-state index is 11.1. The lowest BCUT2D eigenvalue weighted by molar-refractivity contribution is -0.137. The van der Waals surface area contributed by atoms with Crippen LogP contribution in [0, 0.1) is 0 Å². The highest BCUT2D eigenvalue weighted by atomic mass is 32.2. The number of rotatable bonds is 5. The van der Waals surface area contributed by atoms with E-state index in [0.717, 1.165) is 11.8 Å². The Labute approximate surface area is 107 Å². The van der Waals surface area contributed by atoms with Gasteiger partial charge in [0.1, 0.15) is 0 Å². The summed E-state index contributed by atoms with van der Waals surface area (Å²) in [6.45, 7) is 2.07. The van der Waals surface area contributed by atoms with Crippen molar-refractivity contribution < 1.29 is 17.9 Å². The van der Waals surface area contributed by atoms with Gasteiger partial charge in [0, 0.05) is 11.8 Å². The predicted molar refractivity (Wildman–Crippen MR) is 70.6 cm³/mol. The summed E-state index contributed by atoms with van der Waals surface area (Å²) in [5.41, 5.74) is 1.26. The number of benzene rings is 1. The highest BCUT2D eigenvalue weighted by Crippen LogP contribution is 2.11. The number of ether oxygens (including phenoxy) is 1. The third-order valence-corrected chi connectivity index (χ3v) is 2.52. The number of hydrogen-bond donors (Lipinski definition) is 1. The van der Waals surface area contributed by atoms with Crippen LogP contribution in [0.4, 0.5) is 5.69 Å². The van der Waals surface area contributed by atoms with Gasteiger partial charge in [-0.25, -0.2) is 13.2 Å². The summed E-state index contributed by atoms with van der Waals surface area (Å²) < 4.78 is 29.1. The first kappa shape index (κ1) is 14.2. The van der Waals surface area contributed by atoms with Crippen molar-refractivity contribution >= 4 is 27.8 Å². The van der Waals surface area contributed by atoms with Crippen LogP contribution in [0.2, 0.25) is 0 Å². The van der Waals surface area contributed by atoms with Gasteiger partial charge >= 0.3 is 5.97 Å². The molecule has 0 amide bonds. The standard InChI is InChI=1S/C12H15NO4S/c1-3-17-12(14)9-6-10-4-7-11(8-5-10)13-18(2,15)16/h4-9,13H,3H2,1-2H3/b9-6+. The minimum absolute atomic E-state index is 0.334. The van der Waals surface area contributed by atoms with Crippen molar-refractivity contribution in [1.82, 2.24) is 0 Å². The summed E-state index contributed by atoms with van der Waals surface area (Å²) in [4.78, 5) is 11.1. The molecule has 5 nitrogen and oxygen atoms in total. The first-order chi connectivity index (χ1) is 8.40. The Kier molecular flexibility index (Phi) is 4.91. The van der Waals surface area contributed by atoms with Crippen LogP contribution in [0.3, 0.4) is 0 Å². The van der Waals surface area contributed by atoms with E-state index in [1.807, 2.05) is 0 Å². The molecule has 6 heteroatoms. The molecule has 0 heterocycles. The second-order valence-corrected chi connectivity index (χ2v) is 5.33. The van der Waals surface area contributed by atoms with E-state index in [-0.39, 0.29) is 0 Å². The van der Waals surface area contributed by atoms with Crippen LogP contribution >= 0.6 is 0 Å². The molecule has 98 valence electrons. The minimum atomic E-state index is -3.27. The molecule has 0 aliphatic heterocycles. The molecule has 0 radical (unpaired) electrons. The fourth-order valence-corrected chi connectivity index (χ4v) is 1.80. The number of sulfonamides is 1. The molecule has 0 aliphatic rings. The maximum Gasteiger partial charge on any atom is 0.330 e. The van der Waals surface area contributed by atoms with Gasteiger partial charge < -0.3 is 4.74 Å². The minimum Gasteiger partial charge on any atom is -0.463 e. The van der Waals surface area contributed by atoms with Crippen LogP contribution in [0.25, 0.3) is 6.08 Å². The Balaban J connectivity index is 2.69. The van der Waals surface area contributed by atoms with Crippen molar-refractivity contribution in [1.29, 1.82) is 0 Å². The van der Waals surface area contributed by atoms with Gasteiger partial charge in [0.2, 0.25) is 10.0 Å². The van der Waals surface area contributed by atoms with E-state index in [0.29, 0.717) is 12.3 Å². The Morgan fingerprint density at radius 3 is 2.44 bits per heavy atom. The maximum atomic E-state index is 11.1. The van der Waals surface area contributed by atoms with Crippen molar-refractivity contribution in [3.8, 4) is 0 Å². The normalized spacial score (nSPS) is 11.4. The molecule has 0 fully saturated rings. The van der Waals surface area contributed by atoms with Gasteiger partial charge in [-0.1, -0.05) is 12.1 Å². The number of carbonyl (C=O) groups excluding carboxylic acids is 1. The van der Waals surface area contributed by atoms with E-state index < -0.39 is 16.0 Å². The number of anilines is 1. The zero-order chi connectivity index (χ0) is 13.6. The van der Waals surface area contributed by atoms with Gasteiger partial charge in [-0.15, -0.1) is 0 Å². The summed E-state index contributed by atoms with van der Waals surface area (Å²) in [6.07, 6.45) is 4.01. The summed E-state index contributed by atoms with van der Waals surface area (Å²) in [5, 5.41) is 0. The summed E-state index contributed by atoms with van der Waals surface area (Å²) in [5.74, 6) is -0.407. The Morgan fingerprint density at radius 1 is 1.33 bits per heavy atom. The Morgan fingerprint density at radius 2 is 1.94 bits per heavy atom. The molecular weight excluding hydrogens is 254 g/mol. The zero-order valence-corrected chi connectivity index (χ0v) is 11.0. The summed E-state index contributed by atoms with van der Waals surface area (Å²) in [7, 11) is -3.27. The quantitative estimate of drug-likeness (QED) is 0.651. The SMILES string of the molecule is CCOC(=O)/C=C/c1ccc(NS(C)(=O)=O)cc1. The van der Waals surface area contributed by atoms with Crippen LogP contribution < -0.4 is 4.72 Å². The van der Waals surface area contributed by atoms with Crippen LogP contribution in [0.5, 0.6) is 0 Å². The molecule has 0 aromatic heterocycles. The van der Waals surface area contributed by atoms with Gasteiger partial charge in [0.05, 0.1) is 12.9 Å². The van der Waals surface area contributed by atoms with Crippen molar-refractivity contribution in [3.05, 3.63) is 35.9 Å². The molecule has 0 bridgehead atoms. The number of hydrogen-bond acceptors (Lipinski definition) is 4. The van der Waals surface area contributed by atoms with E-state index in [9.17, 15) is 13.2 Å². The first-order valence-corrected chi connectivity index (χ1v) is 7.22. The number of esters is 1. The zero-order valence-electron chi connectivity index (χ0n) is 10.2. The van der Waals surface area contributed by atoms with Gasteiger partial charge in [0.15, 0.2) is 0 Å². The van der Waals surface area contributed by atoms with Crippen molar-refractivity contribution in [3.63, 3.8) is 0 Å². The van der Waals surface area contributed by atoms with Crippen LogP contribution in [0.15, 0.2) is 30.3 Å². The molecule has 0 unspecified atom stereocenters. The molecule has 0 spiro atoms. The average molecular weight is 269 g/mol. The first-order valence-electron chi connectivity index (χ1n) is 5.33. The fourth-order valence-electron chi connectivity index (χ4n) is 1.23. The van der Waals surface area contributed by atoms with E-state index in [4.69, 9.17) is 4.74 Å². The van der Waals surface area contributed by atoms with Gasteiger partial charge in [-0.3, -0.25) is 4.72 Å². The van der Waals surface area contributed by atoms with Gasteiger partial charge in [-0.05, 0) is 30.7 Å². The van der Waals surface area contributed by atoms with E-state index in [1.165, 1.54) is 6.08 Å². The largest absolute Gasteiger partial charge is 0.463 e. The van der Waals surface area contributed by atoms with Crippen LogP contribution in [-0.4, -0.2) is 27.2 Å². The average Bonchev–Trinajstić information content (AvgIpc) is 2.26. The van der Waals surface area contributed by atoms with Gasteiger partial charge in [-0.2, -0.15) is 0 Å². The number of nitrogens with one attached hydrogen (secondary N) is 1. The number of carbonyl (C=O) groups is 1. The molecule has 1 aromatic rings. The highest BCUT2D eigenvalue weighted by Gasteiger charge is 2.00. The molecule has 0 atom stereocenters. The van der Waals surface area contributed by atoms with Gasteiger partial charge in [0.25, 0.3) is 0 Å². The molecule has 0 aliphatic carbocycles. The lowest BCUT2D eigenvalue weighted by atomic mass is 10.2. The third-order valence-electron chi connectivity index (χ3n) is 1.91. The molecule has 1 rings (SSSR count). The van der Waals surface area contributed by atoms with E-state index in [2.05, 4.69) is 4.72 Å². The van der Waals surface area contributed by atoms with Crippen molar-refractivity contribution in [2.24, 2.45) is 0 Å². The molecule has 1 aromatic carbocycles. The molecule has 18 heavy (non-hydrogen) atoms. The van der Waals surface area contributed by atoms with Crippen LogP contribution in [0.1, 0.15) is 12.5 Å². The van der Waals surface area contributed by atoms with Crippen molar-refractivity contribution in [2.45, 2.75) is 6.92 Å². The Hall–Kier alpha value is -1.82. The summed E-state index contributed by atoms with van der Waals surface area (Å²) >= 11 is 0. The molecule has 0 saturated heterocycles. The third kappa shape index (κ3) is 5.49. The predicted octanol–water partition coefficient (Wildman–Crippen LogP) is 1.63. The molecule has 1 N–H and O–H groups in total. The second-order valence-electron chi connectivity index (χ2n) is 3.58. The smallest absolute Gasteiger partial charge is 0.330 e. The molecular formula is C12H15NO4S. The van der Waals surface area contributed by atoms with E-state index in [1.54, 1.807) is 37.3 Å². The fraction of sp³-hybridized carbons (Fsp3) is 0.250. The van der Waals surface area contributed by atoms with Crippen LogP contribution in [-0.2, 0) is 19.6 Å².